The van der Waals surface area contributed by atoms with Gasteiger partial charge in [0.1, 0.15) is 5.75 Å². The number of hydrogen-bond donors (Lipinski definition) is 0. The fraction of sp³-hybridized carbons (Fsp3) is 0.333. The quantitative estimate of drug-likeness (QED) is 0.695. The highest BCUT2D eigenvalue weighted by atomic mass is 35.5. The minimum atomic E-state index is -0.848. The zero-order chi connectivity index (χ0) is 19.9. The lowest BCUT2D eigenvalue weighted by Crippen LogP contribution is -2.51. The van der Waals surface area contributed by atoms with E-state index in [-0.39, 0.29) is 12.5 Å². The van der Waals surface area contributed by atoms with Crippen LogP contribution in [-0.4, -0.2) is 55.7 Å². The van der Waals surface area contributed by atoms with Crippen molar-refractivity contribution in [2.24, 2.45) is 0 Å². The molecule has 0 saturated carbocycles. The SMILES string of the molecule is C[C@H](OC(=O)COc1cccc(Cl)c1)C(=O)N1CCN(c2ccccc2)CC1. The van der Waals surface area contributed by atoms with E-state index in [1.807, 2.05) is 18.2 Å². The lowest BCUT2D eigenvalue weighted by Gasteiger charge is -2.37. The standard InChI is InChI=1S/C21H23ClN2O4/c1-16(28-20(25)15-27-19-9-5-6-17(22)14-19)21(26)24-12-10-23(11-13-24)18-7-3-2-4-8-18/h2-9,14,16H,10-13,15H2,1H3/t16-/m0/s1. The monoisotopic (exact) mass is 402 g/mol. The first-order valence-electron chi connectivity index (χ1n) is 9.19. The average Bonchev–Trinajstić information content (AvgIpc) is 2.72. The van der Waals surface area contributed by atoms with Gasteiger partial charge in [0.25, 0.3) is 5.91 Å². The van der Waals surface area contributed by atoms with Gasteiger partial charge in [-0.2, -0.15) is 0 Å². The van der Waals surface area contributed by atoms with Crippen molar-refractivity contribution in [3.63, 3.8) is 0 Å². The van der Waals surface area contributed by atoms with E-state index in [0.29, 0.717) is 23.9 Å². The number of anilines is 1. The highest BCUT2D eigenvalue weighted by Crippen LogP contribution is 2.18. The van der Waals surface area contributed by atoms with E-state index in [1.54, 1.807) is 36.1 Å². The van der Waals surface area contributed by atoms with Crippen LogP contribution in [0.4, 0.5) is 5.69 Å². The summed E-state index contributed by atoms with van der Waals surface area (Å²) < 4.78 is 10.6. The number of carbonyl (C=O) groups is 2. The Kier molecular flexibility index (Phi) is 6.76. The van der Waals surface area contributed by atoms with Crippen molar-refractivity contribution >= 4 is 29.2 Å². The van der Waals surface area contributed by atoms with E-state index in [4.69, 9.17) is 21.1 Å². The molecule has 0 aliphatic carbocycles. The second kappa shape index (κ2) is 9.46. The highest BCUT2D eigenvalue weighted by molar-refractivity contribution is 6.30. The molecule has 0 bridgehead atoms. The van der Waals surface area contributed by atoms with Crippen LogP contribution in [0.2, 0.25) is 5.02 Å². The third-order valence-electron chi connectivity index (χ3n) is 4.52. The largest absolute Gasteiger partial charge is 0.482 e. The fourth-order valence-electron chi connectivity index (χ4n) is 3.06. The normalized spacial score (nSPS) is 15.1. The highest BCUT2D eigenvalue weighted by Gasteiger charge is 2.27. The summed E-state index contributed by atoms with van der Waals surface area (Å²) in [7, 11) is 0. The Morgan fingerprint density at radius 3 is 2.43 bits per heavy atom. The van der Waals surface area contributed by atoms with Crippen LogP contribution in [0.25, 0.3) is 0 Å². The Morgan fingerprint density at radius 2 is 1.75 bits per heavy atom. The Bertz CT molecular complexity index is 807. The van der Waals surface area contributed by atoms with Crippen LogP contribution in [0.3, 0.4) is 0 Å². The molecule has 2 aromatic rings. The summed E-state index contributed by atoms with van der Waals surface area (Å²) in [5.74, 6) is -0.312. The number of esters is 1. The van der Waals surface area contributed by atoms with E-state index in [9.17, 15) is 9.59 Å². The molecule has 1 fully saturated rings. The maximum absolute atomic E-state index is 12.6. The van der Waals surface area contributed by atoms with Crippen molar-refractivity contribution in [2.45, 2.75) is 13.0 Å². The van der Waals surface area contributed by atoms with Gasteiger partial charge in [0.2, 0.25) is 0 Å². The summed E-state index contributed by atoms with van der Waals surface area (Å²) in [6.45, 7) is 3.98. The molecule has 0 radical (unpaired) electrons. The fourth-order valence-corrected chi connectivity index (χ4v) is 3.24. The minimum Gasteiger partial charge on any atom is -0.482 e. The first-order valence-corrected chi connectivity index (χ1v) is 9.57. The molecule has 1 atom stereocenters. The van der Waals surface area contributed by atoms with Gasteiger partial charge in [-0.1, -0.05) is 35.9 Å². The van der Waals surface area contributed by atoms with Crippen molar-refractivity contribution in [3.8, 4) is 5.75 Å². The lowest BCUT2D eigenvalue weighted by atomic mass is 10.2. The number of piperazine rings is 1. The number of benzene rings is 2. The Balaban J connectivity index is 1.43. The van der Waals surface area contributed by atoms with Crippen LogP contribution in [0, 0.1) is 0 Å². The van der Waals surface area contributed by atoms with E-state index in [0.717, 1.165) is 18.8 Å². The third-order valence-corrected chi connectivity index (χ3v) is 4.76. The molecule has 1 amide bonds. The molecular formula is C21H23ClN2O4. The minimum absolute atomic E-state index is 0.191. The van der Waals surface area contributed by atoms with Gasteiger partial charge in [0, 0.05) is 36.9 Å². The number of para-hydroxylation sites is 1. The summed E-state index contributed by atoms with van der Waals surface area (Å²) >= 11 is 5.87. The molecule has 1 aliphatic rings. The van der Waals surface area contributed by atoms with Gasteiger partial charge >= 0.3 is 5.97 Å². The summed E-state index contributed by atoms with van der Waals surface area (Å²) in [6, 6.07) is 16.8. The van der Waals surface area contributed by atoms with E-state index in [2.05, 4.69) is 17.0 Å². The van der Waals surface area contributed by atoms with Gasteiger partial charge in [-0.15, -0.1) is 0 Å². The lowest BCUT2D eigenvalue weighted by molar-refractivity contribution is -0.160. The molecule has 1 saturated heterocycles. The first-order chi connectivity index (χ1) is 13.5. The van der Waals surface area contributed by atoms with Crippen molar-refractivity contribution in [1.29, 1.82) is 0 Å². The van der Waals surface area contributed by atoms with Crippen LogP contribution >= 0.6 is 11.6 Å². The number of rotatable bonds is 6. The number of ether oxygens (including phenoxy) is 2. The van der Waals surface area contributed by atoms with E-state index < -0.39 is 12.1 Å². The van der Waals surface area contributed by atoms with Crippen LogP contribution < -0.4 is 9.64 Å². The van der Waals surface area contributed by atoms with E-state index in [1.165, 1.54) is 0 Å². The third kappa shape index (κ3) is 5.39. The predicted molar refractivity (Wildman–Crippen MR) is 108 cm³/mol. The van der Waals surface area contributed by atoms with Gasteiger partial charge < -0.3 is 19.3 Å². The maximum Gasteiger partial charge on any atom is 0.344 e. The van der Waals surface area contributed by atoms with Gasteiger partial charge in [0.15, 0.2) is 12.7 Å². The van der Waals surface area contributed by atoms with Crippen LogP contribution in [0.1, 0.15) is 6.92 Å². The summed E-state index contributed by atoms with van der Waals surface area (Å²) in [5, 5.41) is 0.518. The number of hydrogen-bond acceptors (Lipinski definition) is 5. The summed E-state index contributed by atoms with van der Waals surface area (Å²) in [5.41, 5.74) is 1.15. The summed E-state index contributed by atoms with van der Waals surface area (Å²) in [4.78, 5) is 28.5. The zero-order valence-corrected chi connectivity index (χ0v) is 16.5. The Hall–Kier alpha value is -2.73. The summed E-state index contributed by atoms with van der Waals surface area (Å²) in [6.07, 6.45) is -0.848. The number of halogens is 1. The van der Waals surface area contributed by atoms with Crippen LogP contribution in [0.5, 0.6) is 5.75 Å². The molecule has 0 aromatic heterocycles. The maximum atomic E-state index is 12.6. The molecule has 2 aromatic carbocycles. The first kappa shape index (κ1) is 20.0. The molecular weight excluding hydrogens is 380 g/mol. The van der Waals surface area contributed by atoms with Crippen LogP contribution in [-0.2, 0) is 14.3 Å². The molecule has 148 valence electrons. The van der Waals surface area contributed by atoms with Gasteiger partial charge in [-0.25, -0.2) is 4.79 Å². The molecule has 1 aliphatic heterocycles. The molecule has 7 heteroatoms. The Labute approximate surface area is 169 Å². The van der Waals surface area contributed by atoms with Crippen molar-refractivity contribution in [1.82, 2.24) is 4.90 Å². The second-order valence-electron chi connectivity index (χ2n) is 6.53. The average molecular weight is 403 g/mol. The molecule has 28 heavy (non-hydrogen) atoms. The Morgan fingerprint density at radius 1 is 1.04 bits per heavy atom. The second-order valence-corrected chi connectivity index (χ2v) is 6.96. The molecule has 0 N–H and O–H groups in total. The van der Waals surface area contributed by atoms with Crippen molar-refractivity contribution < 1.29 is 19.1 Å². The molecule has 1 heterocycles. The van der Waals surface area contributed by atoms with Crippen molar-refractivity contribution in [2.75, 3.05) is 37.7 Å². The van der Waals surface area contributed by atoms with Crippen molar-refractivity contribution in [3.05, 3.63) is 59.6 Å². The zero-order valence-electron chi connectivity index (χ0n) is 15.7. The number of carbonyl (C=O) groups excluding carboxylic acids is 2. The topological polar surface area (TPSA) is 59.1 Å². The van der Waals surface area contributed by atoms with Gasteiger partial charge in [0.05, 0.1) is 0 Å². The van der Waals surface area contributed by atoms with E-state index >= 15 is 0 Å². The molecule has 6 nitrogen and oxygen atoms in total. The van der Waals surface area contributed by atoms with Gasteiger partial charge in [-0.3, -0.25) is 4.79 Å². The van der Waals surface area contributed by atoms with Gasteiger partial charge in [-0.05, 0) is 37.3 Å². The number of amides is 1. The predicted octanol–water partition coefficient (Wildman–Crippen LogP) is 3.00. The molecule has 3 rings (SSSR count). The smallest absolute Gasteiger partial charge is 0.344 e. The molecule has 0 spiro atoms. The molecule has 0 unspecified atom stereocenters. The number of nitrogens with zero attached hydrogens (tertiary/aromatic N) is 2. The van der Waals surface area contributed by atoms with Crippen LogP contribution in [0.15, 0.2) is 54.6 Å².